The number of thiazole rings is 1. The van der Waals surface area contributed by atoms with Gasteiger partial charge in [-0.25, -0.2) is 9.78 Å². The summed E-state index contributed by atoms with van der Waals surface area (Å²) in [6.45, 7) is 2.55. The smallest absolute Gasteiger partial charge is 0.347 e. The summed E-state index contributed by atoms with van der Waals surface area (Å²) in [4.78, 5) is 27.3. The van der Waals surface area contributed by atoms with Crippen LogP contribution in [-0.2, 0) is 16.0 Å². The van der Waals surface area contributed by atoms with Gasteiger partial charge in [0.25, 0.3) is 5.91 Å². The zero-order valence-electron chi connectivity index (χ0n) is 10.6. The maximum atomic E-state index is 11.8. The predicted octanol–water partition coefficient (Wildman–Crippen LogP) is 1.91. The quantitative estimate of drug-likeness (QED) is 0.862. The minimum atomic E-state index is -1.00. The van der Waals surface area contributed by atoms with E-state index in [9.17, 15) is 9.59 Å². The monoisotopic (exact) mass is 284 g/mol. The summed E-state index contributed by atoms with van der Waals surface area (Å²) in [7, 11) is 0. The van der Waals surface area contributed by atoms with Gasteiger partial charge in [-0.1, -0.05) is 24.7 Å². The summed E-state index contributed by atoms with van der Waals surface area (Å²) in [6, 6.07) is 0. The van der Waals surface area contributed by atoms with Crippen molar-refractivity contribution in [1.29, 1.82) is 0 Å². The lowest BCUT2D eigenvalue weighted by atomic mass is 10.2. The molecule has 1 aromatic rings. The number of nitrogens with one attached hydrogen (secondary N) is 1. The van der Waals surface area contributed by atoms with E-state index in [1.54, 1.807) is 0 Å². The molecule has 2 heterocycles. The van der Waals surface area contributed by atoms with Gasteiger partial charge in [-0.2, -0.15) is 0 Å². The Morgan fingerprint density at radius 1 is 1.58 bits per heavy atom. The van der Waals surface area contributed by atoms with Crippen molar-refractivity contribution in [2.24, 2.45) is 0 Å². The molecule has 0 radical (unpaired) electrons. The van der Waals surface area contributed by atoms with Gasteiger partial charge in [-0.05, 0) is 19.3 Å². The molecule has 1 aromatic heterocycles. The first-order valence-corrected chi connectivity index (χ1v) is 7.09. The van der Waals surface area contributed by atoms with Crippen LogP contribution in [0.5, 0.6) is 0 Å². The second-order valence-corrected chi connectivity index (χ2v) is 5.34. The molecule has 0 saturated carbocycles. The van der Waals surface area contributed by atoms with Gasteiger partial charge in [0.2, 0.25) is 0 Å². The fourth-order valence-electron chi connectivity index (χ4n) is 1.95. The van der Waals surface area contributed by atoms with Gasteiger partial charge in [-0.3, -0.25) is 10.1 Å². The van der Waals surface area contributed by atoms with Gasteiger partial charge in [0.1, 0.15) is 11.0 Å². The Kier molecular flexibility index (Phi) is 4.49. The second-order valence-electron chi connectivity index (χ2n) is 4.34. The highest BCUT2D eigenvalue weighted by Crippen LogP contribution is 2.25. The topological polar surface area (TPSA) is 88.5 Å². The molecule has 1 unspecified atom stereocenters. The van der Waals surface area contributed by atoms with Crippen LogP contribution in [-0.4, -0.2) is 34.7 Å². The second kappa shape index (κ2) is 6.12. The van der Waals surface area contributed by atoms with Crippen LogP contribution < -0.4 is 5.32 Å². The van der Waals surface area contributed by atoms with E-state index in [2.05, 4.69) is 10.3 Å². The Morgan fingerprint density at radius 2 is 2.37 bits per heavy atom. The lowest BCUT2D eigenvalue weighted by molar-refractivity contribution is -0.124. The van der Waals surface area contributed by atoms with Crippen LogP contribution in [0.4, 0.5) is 5.13 Å². The molecule has 1 aliphatic heterocycles. The zero-order chi connectivity index (χ0) is 13.8. The first kappa shape index (κ1) is 14.0. The summed E-state index contributed by atoms with van der Waals surface area (Å²) >= 11 is 0.997. The van der Waals surface area contributed by atoms with E-state index in [1.807, 2.05) is 6.92 Å². The van der Waals surface area contributed by atoms with Crippen LogP contribution >= 0.6 is 11.3 Å². The van der Waals surface area contributed by atoms with Crippen molar-refractivity contribution in [2.75, 3.05) is 11.9 Å². The highest BCUT2D eigenvalue weighted by molar-refractivity contribution is 7.17. The molecule has 2 rings (SSSR count). The van der Waals surface area contributed by atoms with E-state index < -0.39 is 12.1 Å². The first-order valence-electron chi connectivity index (χ1n) is 6.27. The standard InChI is InChI=1S/C12H16N2O4S/c1-2-4-7-9(11(16)17)19-12(13-7)14-10(15)8-5-3-6-18-8/h8H,2-6H2,1H3,(H,16,17)(H,13,14,15). The number of aryl methyl sites for hydroxylation is 1. The molecule has 104 valence electrons. The third-order valence-corrected chi connectivity index (χ3v) is 3.83. The van der Waals surface area contributed by atoms with Gasteiger partial charge in [0, 0.05) is 6.61 Å². The van der Waals surface area contributed by atoms with E-state index in [4.69, 9.17) is 9.84 Å². The largest absolute Gasteiger partial charge is 0.477 e. The SMILES string of the molecule is CCCc1nc(NC(=O)C2CCCO2)sc1C(=O)O. The maximum absolute atomic E-state index is 11.8. The van der Waals surface area contributed by atoms with Gasteiger partial charge >= 0.3 is 5.97 Å². The number of anilines is 1. The van der Waals surface area contributed by atoms with Crippen LogP contribution in [0, 0.1) is 0 Å². The molecule has 2 N–H and O–H groups in total. The fraction of sp³-hybridized carbons (Fsp3) is 0.583. The van der Waals surface area contributed by atoms with Crippen molar-refractivity contribution in [3.05, 3.63) is 10.6 Å². The summed E-state index contributed by atoms with van der Waals surface area (Å²) in [5.74, 6) is -1.25. The maximum Gasteiger partial charge on any atom is 0.347 e. The predicted molar refractivity (Wildman–Crippen MR) is 70.7 cm³/mol. The number of carboxylic acid groups (broad SMARTS) is 1. The van der Waals surface area contributed by atoms with E-state index in [-0.39, 0.29) is 10.8 Å². The lowest BCUT2D eigenvalue weighted by Gasteiger charge is -2.07. The normalized spacial score (nSPS) is 18.5. The van der Waals surface area contributed by atoms with Crippen molar-refractivity contribution >= 4 is 28.3 Å². The molecule has 1 amide bonds. The van der Waals surface area contributed by atoms with E-state index in [1.165, 1.54) is 0 Å². The Bertz CT molecular complexity index is 480. The van der Waals surface area contributed by atoms with E-state index in [0.717, 1.165) is 24.2 Å². The first-order chi connectivity index (χ1) is 9.11. The molecule has 0 aromatic carbocycles. The van der Waals surface area contributed by atoms with Crippen molar-refractivity contribution < 1.29 is 19.4 Å². The number of aromatic nitrogens is 1. The lowest BCUT2D eigenvalue weighted by Crippen LogP contribution is -2.26. The van der Waals surface area contributed by atoms with Crippen molar-refractivity contribution in [3.63, 3.8) is 0 Å². The number of carbonyl (C=O) groups excluding carboxylic acids is 1. The highest BCUT2D eigenvalue weighted by atomic mass is 32.1. The molecule has 6 nitrogen and oxygen atoms in total. The number of nitrogens with zero attached hydrogens (tertiary/aromatic N) is 1. The molecule has 0 aliphatic carbocycles. The number of ether oxygens (including phenoxy) is 1. The molecular formula is C12H16N2O4S. The summed E-state index contributed by atoms with van der Waals surface area (Å²) in [5, 5.41) is 12.1. The number of amides is 1. The molecule has 1 fully saturated rings. The van der Waals surface area contributed by atoms with Gasteiger partial charge in [0.15, 0.2) is 5.13 Å². The number of carbonyl (C=O) groups is 2. The summed E-state index contributed by atoms with van der Waals surface area (Å²) < 4.78 is 5.27. The van der Waals surface area contributed by atoms with E-state index >= 15 is 0 Å². The number of hydrogen-bond acceptors (Lipinski definition) is 5. The van der Waals surface area contributed by atoms with Crippen LogP contribution in [0.3, 0.4) is 0 Å². The van der Waals surface area contributed by atoms with Crippen molar-refractivity contribution in [2.45, 2.75) is 38.7 Å². The molecular weight excluding hydrogens is 268 g/mol. The van der Waals surface area contributed by atoms with Gasteiger partial charge in [0.05, 0.1) is 5.69 Å². The minimum absolute atomic E-state index is 0.199. The number of hydrogen-bond donors (Lipinski definition) is 2. The highest BCUT2D eigenvalue weighted by Gasteiger charge is 2.25. The number of aromatic carboxylic acids is 1. The fourth-order valence-corrected chi connectivity index (χ4v) is 2.80. The Balaban J connectivity index is 2.09. The molecule has 1 atom stereocenters. The molecule has 1 aliphatic rings. The van der Waals surface area contributed by atoms with Crippen molar-refractivity contribution in [3.8, 4) is 0 Å². The molecule has 7 heteroatoms. The molecule has 19 heavy (non-hydrogen) atoms. The number of rotatable bonds is 5. The molecule has 0 bridgehead atoms. The Hall–Kier alpha value is -1.47. The zero-order valence-corrected chi connectivity index (χ0v) is 11.5. The minimum Gasteiger partial charge on any atom is -0.477 e. The van der Waals surface area contributed by atoms with Crippen LogP contribution in [0.25, 0.3) is 0 Å². The van der Waals surface area contributed by atoms with Crippen molar-refractivity contribution in [1.82, 2.24) is 4.98 Å². The Labute approximate surface area is 114 Å². The summed E-state index contributed by atoms with van der Waals surface area (Å²) in [5.41, 5.74) is 0.530. The van der Waals surface area contributed by atoms with Crippen LogP contribution in [0.15, 0.2) is 0 Å². The Morgan fingerprint density at radius 3 is 2.95 bits per heavy atom. The average molecular weight is 284 g/mol. The summed E-state index contributed by atoms with van der Waals surface area (Å²) in [6.07, 6.45) is 2.53. The van der Waals surface area contributed by atoms with E-state index in [0.29, 0.717) is 30.3 Å². The molecule has 1 saturated heterocycles. The van der Waals surface area contributed by atoms with Gasteiger partial charge < -0.3 is 9.84 Å². The van der Waals surface area contributed by atoms with Crippen LogP contribution in [0.2, 0.25) is 0 Å². The average Bonchev–Trinajstić information content (AvgIpc) is 2.98. The molecule has 0 spiro atoms. The third-order valence-electron chi connectivity index (χ3n) is 2.83. The number of carboxylic acids is 1. The third kappa shape index (κ3) is 3.30. The van der Waals surface area contributed by atoms with Crippen LogP contribution in [0.1, 0.15) is 41.6 Å². The van der Waals surface area contributed by atoms with Gasteiger partial charge in [-0.15, -0.1) is 0 Å².